The van der Waals surface area contributed by atoms with Crippen LogP contribution in [-0.2, 0) is 9.59 Å². The molecule has 16 heavy (non-hydrogen) atoms. The Morgan fingerprint density at radius 3 is 2.88 bits per heavy atom. The molecule has 2 aliphatic heterocycles. The van der Waals surface area contributed by atoms with Crippen molar-refractivity contribution in [3.8, 4) is 0 Å². The fourth-order valence-electron chi connectivity index (χ4n) is 1.73. The van der Waals surface area contributed by atoms with Gasteiger partial charge in [-0.2, -0.15) is 0 Å². The largest absolute Gasteiger partial charge is 0.354 e. The smallest absolute Gasteiger partial charge is 0.279 e. The van der Waals surface area contributed by atoms with Crippen molar-refractivity contribution in [1.29, 1.82) is 0 Å². The predicted molar refractivity (Wildman–Crippen MR) is 59.0 cm³/mol. The summed E-state index contributed by atoms with van der Waals surface area (Å²) in [5.41, 5.74) is 0. The Hall–Kier alpha value is -1.24. The fourth-order valence-corrected chi connectivity index (χ4v) is 2.49. The fraction of sp³-hybridized carbons (Fsp3) is 0.667. The van der Waals surface area contributed by atoms with Gasteiger partial charge in [-0.15, -0.1) is 0 Å². The Labute approximate surface area is 97.1 Å². The highest BCUT2D eigenvalue weighted by Gasteiger charge is 2.32. The van der Waals surface area contributed by atoms with E-state index in [2.05, 4.69) is 10.6 Å². The molecule has 0 bridgehead atoms. The van der Waals surface area contributed by atoms with Gasteiger partial charge in [0.05, 0.1) is 0 Å². The summed E-state index contributed by atoms with van der Waals surface area (Å²) in [7, 11) is 0. The monoisotopic (exact) mass is 243 g/mol. The lowest BCUT2D eigenvalue weighted by Gasteiger charge is -2.22. The van der Waals surface area contributed by atoms with Gasteiger partial charge in [0, 0.05) is 31.8 Å². The molecule has 2 saturated heterocycles. The topological polar surface area (TPSA) is 78.5 Å². The summed E-state index contributed by atoms with van der Waals surface area (Å²) in [4.78, 5) is 35.7. The molecule has 1 unspecified atom stereocenters. The zero-order chi connectivity index (χ0) is 11.5. The second-order valence-corrected chi connectivity index (χ2v) is 4.71. The first-order valence-electron chi connectivity index (χ1n) is 5.15. The highest BCUT2D eigenvalue weighted by molar-refractivity contribution is 8.14. The second-order valence-electron chi connectivity index (χ2n) is 3.72. The van der Waals surface area contributed by atoms with Crippen molar-refractivity contribution >= 4 is 28.8 Å². The molecule has 0 radical (unpaired) electrons. The lowest BCUT2D eigenvalue weighted by molar-refractivity contribution is -0.132. The van der Waals surface area contributed by atoms with Crippen LogP contribution in [0.3, 0.4) is 0 Å². The summed E-state index contributed by atoms with van der Waals surface area (Å²) in [6.07, 6.45) is 0.333. The van der Waals surface area contributed by atoms with Gasteiger partial charge < -0.3 is 15.5 Å². The van der Waals surface area contributed by atoms with Crippen LogP contribution in [-0.4, -0.2) is 53.4 Å². The first-order chi connectivity index (χ1) is 7.66. The van der Waals surface area contributed by atoms with Gasteiger partial charge >= 0.3 is 0 Å². The van der Waals surface area contributed by atoms with E-state index in [1.54, 1.807) is 4.90 Å². The third-order valence-electron chi connectivity index (χ3n) is 2.60. The summed E-state index contributed by atoms with van der Waals surface area (Å²) in [6, 6.07) is -0.425. The van der Waals surface area contributed by atoms with Crippen LogP contribution >= 0.6 is 11.8 Å². The number of carbonyl (C=O) groups is 3. The molecular weight excluding hydrogens is 230 g/mol. The van der Waals surface area contributed by atoms with Crippen molar-refractivity contribution in [2.45, 2.75) is 12.5 Å². The number of thioether (sulfide) groups is 1. The normalized spacial score (nSPS) is 26.0. The maximum absolute atomic E-state index is 12.0. The minimum atomic E-state index is -0.425. The van der Waals surface area contributed by atoms with E-state index in [1.165, 1.54) is 0 Å². The average molecular weight is 243 g/mol. The molecule has 0 aromatic heterocycles. The molecule has 6 nitrogen and oxygen atoms in total. The van der Waals surface area contributed by atoms with Crippen LogP contribution in [0.1, 0.15) is 6.42 Å². The van der Waals surface area contributed by atoms with Crippen molar-refractivity contribution in [1.82, 2.24) is 15.5 Å². The third kappa shape index (κ3) is 2.46. The number of hydrogen-bond donors (Lipinski definition) is 2. The molecule has 0 aromatic carbocycles. The van der Waals surface area contributed by atoms with Crippen LogP contribution in [0, 0.1) is 0 Å². The van der Waals surface area contributed by atoms with Crippen LogP contribution in [0.5, 0.6) is 0 Å². The Morgan fingerprint density at radius 2 is 2.19 bits per heavy atom. The standard InChI is InChI=1S/C9H13N3O3S/c13-7-1-3-12(4-2-10-7)8(14)6-5-16-9(15)11-6/h6H,1-5H2,(H,10,13)(H,11,15). The van der Waals surface area contributed by atoms with E-state index in [1.807, 2.05) is 0 Å². The first kappa shape index (κ1) is 11.3. The van der Waals surface area contributed by atoms with Gasteiger partial charge in [0.2, 0.25) is 11.8 Å². The van der Waals surface area contributed by atoms with Gasteiger partial charge in [-0.1, -0.05) is 11.8 Å². The first-order valence-corrected chi connectivity index (χ1v) is 6.14. The van der Waals surface area contributed by atoms with Crippen LogP contribution < -0.4 is 10.6 Å². The summed E-state index contributed by atoms with van der Waals surface area (Å²) in [5, 5.41) is 5.16. The Bertz CT molecular complexity index is 334. The van der Waals surface area contributed by atoms with Gasteiger partial charge in [0.1, 0.15) is 6.04 Å². The van der Waals surface area contributed by atoms with E-state index in [9.17, 15) is 14.4 Å². The van der Waals surface area contributed by atoms with E-state index in [4.69, 9.17) is 0 Å². The van der Waals surface area contributed by atoms with Crippen LogP contribution in [0.4, 0.5) is 4.79 Å². The molecule has 2 rings (SSSR count). The predicted octanol–water partition coefficient (Wildman–Crippen LogP) is -0.840. The molecule has 1 atom stereocenters. The molecule has 0 aliphatic carbocycles. The Kier molecular flexibility index (Phi) is 3.33. The minimum absolute atomic E-state index is 0.0277. The molecule has 2 fully saturated rings. The SMILES string of the molecule is O=C1CCN(C(=O)C2CSC(=O)N2)CCN1. The van der Waals surface area contributed by atoms with Gasteiger partial charge in [-0.3, -0.25) is 14.4 Å². The van der Waals surface area contributed by atoms with E-state index < -0.39 is 6.04 Å². The highest BCUT2D eigenvalue weighted by atomic mass is 32.2. The van der Waals surface area contributed by atoms with E-state index in [0.717, 1.165) is 11.8 Å². The van der Waals surface area contributed by atoms with E-state index in [-0.39, 0.29) is 17.1 Å². The average Bonchev–Trinajstić information content (AvgIpc) is 2.57. The van der Waals surface area contributed by atoms with Crippen LogP contribution in [0.2, 0.25) is 0 Å². The number of amides is 3. The summed E-state index contributed by atoms with van der Waals surface area (Å²) < 4.78 is 0. The maximum Gasteiger partial charge on any atom is 0.279 e. The highest BCUT2D eigenvalue weighted by Crippen LogP contribution is 2.15. The van der Waals surface area contributed by atoms with Crippen LogP contribution in [0.15, 0.2) is 0 Å². The van der Waals surface area contributed by atoms with Gasteiger partial charge in [-0.25, -0.2) is 0 Å². The van der Waals surface area contributed by atoms with Crippen molar-refractivity contribution in [2.24, 2.45) is 0 Å². The van der Waals surface area contributed by atoms with Crippen molar-refractivity contribution in [3.05, 3.63) is 0 Å². The number of carbonyl (C=O) groups excluding carboxylic acids is 3. The summed E-state index contributed by atoms with van der Waals surface area (Å²) in [5.74, 6) is 0.366. The molecule has 0 aromatic rings. The molecule has 88 valence electrons. The van der Waals surface area contributed by atoms with Gasteiger partial charge in [0.15, 0.2) is 0 Å². The second kappa shape index (κ2) is 4.73. The molecule has 3 amide bonds. The molecule has 2 N–H and O–H groups in total. The molecular formula is C9H13N3O3S. The third-order valence-corrected chi connectivity index (χ3v) is 3.48. The maximum atomic E-state index is 12.0. The van der Waals surface area contributed by atoms with E-state index in [0.29, 0.717) is 31.8 Å². The van der Waals surface area contributed by atoms with Crippen molar-refractivity contribution < 1.29 is 14.4 Å². The molecule has 2 aliphatic rings. The van der Waals surface area contributed by atoms with E-state index >= 15 is 0 Å². The van der Waals surface area contributed by atoms with Crippen molar-refractivity contribution in [3.63, 3.8) is 0 Å². The number of nitrogens with one attached hydrogen (secondary N) is 2. The lowest BCUT2D eigenvalue weighted by Crippen LogP contribution is -2.46. The zero-order valence-corrected chi connectivity index (χ0v) is 9.51. The zero-order valence-electron chi connectivity index (χ0n) is 8.69. The lowest BCUT2D eigenvalue weighted by atomic mass is 10.2. The molecule has 0 saturated carbocycles. The Morgan fingerprint density at radius 1 is 1.38 bits per heavy atom. The molecule has 0 spiro atoms. The number of hydrogen-bond acceptors (Lipinski definition) is 4. The Balaban J connectivity index is 1.93. The summed E-state index contributed by atoms with van der Waals surface area (Å²) >= 11 is 1.12. The van der Waals surface area contributed by atoms with Crippen molar-refractivity contribution in [2.75, 3.05) is 25.4 Å². The van der Waals surface area contributed by atoms with Gasteiger partial charge in [0.25, 0.3) is 5.24 Å². The minimum Gasteiger partial charge on any atom is -0.354 e. The molecule has 2 heterocycles. The number of rotatable bonds is 1. The molecule has 7 heteroatoms. The summed E-state index contributed by atoms with van der Waals surface area (Å²) in [6.45, 7) is 1.43. The number of nitrogens with zero attached hydrogens (tertiary/aromatic N) is 1. The van der Waals surface area contributed by atoms with Crippen LogP contribution in [0.25, 0.3) is 0 Å². The quantitative estimate of drug-likeness (QED) is 0.629. The van der Waals surface area contributed by atoms with Gasteiger partial charge in [-0.05, 0) is 0 Å².